The molecule has 0 radical (unpaired) electrons. The van der Waals surface area contributed by atoms with Crippen molar-refractivity contribution < 1.29 is 31.8 Å². The Kier molecular flexibility index (Phi) is 7.82. The van der Waals surface area contributed by atoms with E-state index in [-0.39, 0.29) is 70.0 Å². The molecule has 1 aliphatic carbocycles. The summed E-state index contributed by atoms with van der Waals surface area (Å²) < 4.78 is 84.4. The summed E-state index contributed by atoms with van der Waals surface area (Å²) in [5, 5.41) is 17.1. The molecule has 9 nitrogen and oxygen atoms in total. The summed E-state index contributed by atoms with van der Waals surface area (Å²) in [5.74, 6) is -2.09. The van der Waals surface area contributed by atoms with E-state index in [2.05, 4.69) is 20.6 Å². The molecule has 5 aromatic rings. The molecule has 2 aromatic heterocycles. The SMILES string of the molecule is C#Cc1c(F)ccc2cc(O)cc(-c3c(F)c4nc(OC[C@@]56CCCN5C[C@H](F)C6)nc(N5C[C@H]6CC[C@@H](C5)N6CC5CCC5(F)F)c4c4cn(C)nc34)c12. The number of rotatable bonds is 7. The van der Waals surface area contributed by atoms with E-state index in [1.165, 1.54) is 24.3 Å². The molecule has 1 N–H and O–H groups in total. The number of phenols is 1. The van der Waals surface area contributed by atoms with Crippen LogP contribution in [0.3, 0.4) is 0 Å². The van der Waals surface area contributed by atoms with Crippen molar-refractivity contribution in [3.05, 3.63) is 47.7 Å². The predicted molar refractivity (Wildman–Crippen MR) is 198 cm³/mol. The molecule has 286 valence electrons. The summed E-state index contributed by atoms with van der Waals surface area (Å²) in [7, 11) is 1.71. The molecule has 10 rings (SSSR count). The van der Waals surface area contributed by atoms with Crippen LogP contribution in [0.25, 0.3) is 43.7 Å². The molecule has 2 bridgehead atoms. The number of piperazine rings is 1. The summed E-state index contributed by atoms with van der Waals surface area (Å²) in [4.78, 5) is 16.1. The van der Waals surface area contributed by atoms with Gasteiger partial charge in [0.25, 0.3) is 5.92 Å². The maximum absolute atomic E-state index is 17.7. The monoisotopic (exact) mass is 757 g/mol. The first-order valence-electron chi connectivity index (χ1n) is 19.1. The maximum Gasteiger partial charge on any atom is 0.319 e. The van der Waals surface area contributed by atoms with E-state index >= 15 is 8.78 Å². The highest BCUT2D eigenvalue weighted by Gasteiger charge is 2.52. The topological polar surface area (TPSA) is 82.8 Å². The van der Waals surface area contributed by atoms with Gasteiger partial charge in [0.2, 0.25) is 0 Å². The van der Waals surface area contributed by atoms with Crippen LogP contribution in [0.4, 0.5) is 27.8 Å². The van der Waals surface area contributed by atoms with Crippen LogP contribution in [0, 0.1) is 29.9 Å². The Labute approximate surface area is 314 Å². The van der Waals surface area contributed by atoms with Crippen LogP contribution >= 0.6 is 0 Å². The maximum atomic E-state index is 17.7. The van der Waals surface area contributed by atoms with E-state index in [0.29, 0.717) is 61.0 Å². The van der Waals surface area contributed by atoms with E-state index in [9.17, 15) is 18.3 Å². The zero-order valence-electron chi connectivity index (χ0n) is 30.3. The van der Waals surface area contributed by atoms with E-state index in [1.54, 1.807) is 17.9 Å². The number of terminal acetylenes is 1. The molecule has 0 amide bonds. The Morgan fingerprint density at radius 3 is 2.55 bits per heavy atom. The fourth-order valence-electron chi connectivity index (χ4n) is 10.4. The van der Waals surface area contributed by atoms with Gasteiger partial charge < -0.3 is 14.7 Å². The Morgan fingerprint density at radius 2 is 1.82 bits per heavy atom. The number of fused-ring (bicyclic) bond motifs is 7. The van der Waals surface area contributed by atoms with Crippen molar-refractivity contribution in [1.82, 2.24) is 29.5 Å². The fourth-order valence-corrected chi connectivity index (χ4v) is 10.4. The molecule has 5 aliphatic rings. The summed E-state index contributed by atoms with van der Waals surface area (Å²) in [6.45, 7) is 2.53. The predicted octanol–water partition coefficient (Wildman–Crippen LogP) is 6.96. The number of halogens is 5. The molecule has 14 heteroatoms. The largest absolute Gasteiger partial charge is 0.508 e. The van der Waals surface area contributed by atoms with Gasteiger partial charge >= 0.3 is 6.01 Å². The van der Waals surface area contributed by atoms with Crippen molar-refractivity contribution >= 4 is 38.4 Å². The molecule has 55 heavy (non-hydrogen) atoms. The zero-order valence-corrected chi connectivity index (χ0v) is 30.3. The van der Waals surface area contributed by atoms with Gasteiger partial charge in [0.15, 0.2) is 5.82 Å². The molecule has 4 saturated heterocycles. The van der Waals surface area contributed by atoms with Gasteiger partial charge in [-0.15, -0.1) is 6.42 Å². The van der Waals surface area contributed by atoms with E-state index in [4.69, 9.17) is 26.2 Å². The Bertz CT molecular complexity index is 2440. The molecule has 1 saturated carbocycles. The van der Waals surface area contributed by atoms with Crippen LogP contribution in [0.2, 0.25) is 0 Å². The third-order valence-electron chi connectivity index (χ3n) is 13.1. The number of benzene rings is 3. The van der Waals surface area contributed by atoms with Crippen LogP contribution in [-0.2, 0) is 7.05 Å². The summed E-state index contributed by atoms with van der Waals surface area (Å²) in [6, 6.07) is 5.41. The third kappa shape index (κ3) is 5.36. The van der Waals surface area contributed by atoms with Gasteiger partial charge in [-0.3, -0.25) is 14.5 Å². The lowest BCUT2D eigenvalue weighted by Gasteiger charge is -2.46. The molecule has 0 spiro atoms. The second-order valence-electron chi connectivity index (χ2n) is 16.3. The second kappa shape index (κ2) is 12.4. The van der Waals surface area contributed by atoms with Gasteiger partial charge in [-0.1, -0.05) is 12.0 Å². The minimum atomic E-state index is -2.64. The smallest absolute Gasteiger partial charge is 0.319 e. The van der Waals surface area contributed by atoms with Crippen molar-refractivity contribution in [2.75, 3.05) is 44.2 Å². The molecular weight excluding hydrogens is 717 g/mol. The summed E-state index contributed by atoms with van der Waals surface area (Å²) >= 11 is 0. The Hall–Kier alpha value is -4.74. The quantitative estimate of drug-likeness (QED) is 0.141. The fraction of sp³-hybridized carbons (Fsp3) is 0.488. The minimum absolute atomic E-state index is 0.000283. The van der Waals surface area contributed by atoms with E-state index in [1.807, 2.05) is 0 Å². The van der Waals surface area contributed by atoms with Crippen molar-refractivity contribution in [3.8, 4) is 35.2 Å². The molecule has 5 fully saturated rings. The van der Waals surface area contributed by atoms with Crippen LogP contribution < -0.4 is 9.64 Å². The third-order valence-corrected chi connectivity index (χ3v) is 13.1. The number of aromatic nitrogens is 4. The molecule has 6 heterocycles. The number of aryl methyl sites for hydroxylation is 1. The number of phenolic OH excluding ortho intramolecular Hbond substituents is 1. The lowest BCUT2D eigenvalue weighted by molar-refractivity contribution is -0.143. The first-order chi connectivity index (χ1) is 26.4. The minimum Gasteiger partial charge on any atom is -0.508 e. The van der Waals surface area contributed by atoms with Crippen LogP contribution in [0.5, 0.6) is 11.8 Å². The van der Waals surface area contributed by atoms with Gasteiger partial charge in [0, 0.05) is 86.6 Å². The lowest BCUT2D eigenvalue weighted by atomic mass is 9.80. The first-order valence-corrected chi connectivity index (χ1v) is 19.1. The average molecular weight is 758 g/mol. The molecule has 1 unspecified atom stereocenters. The van der Waals surface area contributed by atoms with Gasteiger partial charge in [-0.05, 0) is 67.8 Å². The highest BCUT2D eigenvalue weighted by atomic mass is 19.3. The molecular formula is C41H40F5N7O2. The van der Waals surface area contributed by atoms with E-state index < -0.39 is 35.2 Å². The Balaban J connectivity index is 1.15. The highest BCUT2D eigenvalue weighted by molar-refractivity contribution is 6.18. The number of anilines is 1. The number of hydrogen-bond acceptors (Lipinski definition) is 8. The molecule has 5 atom stereocenters. The zero-order chi connectivity index (χ0) is 38.0. The molecule has 3 aromatic carbocycles. The van der Waals surface area contributed by atoms with Crippen LogP contribution in [0.15, 0.2) is 30.5 Å². The summed E-state index contributed by atoms with van der Waals surface area (Å²) in [5.41, 5.74) is -0.304. The van der Waals surface area contributed by atoms with Crippen molar-refractivity contribution in [3.63, 3.8) is 0 Å². The summed E-state index contributed by atoms with van der Waals surface area (Å²) in [6.07, 6.45) is 10.7. The molecule has 4 aliphatic heterocycles. The second-order valence-corrected chi connectivity index (χ2v) is 16.3. The van der Waals surface area contributed by atoms with Crippen LogP contribution in [0.1, 0.15) is 50.5 Å². The van der Waals surface area contributed by atoms with Crippen molar-refractivity contribution in [2.45, 2.75) is 74.7 Å². The number of ether oxygens (including phenoxy) is 1. The van der Waals surface area contributed by atoms with Gasteiger partial charge in [-0.2, -0.15) is 15.1 Å². The van der Waals surface area contributed by atoms with Gasteiger partial charge in [-0.25, -0.2) is 22.0 Å². The van der Waals surface area contributed by atoms with Crippen LogP contribution in [-0.4, -0.2) is 104 Å². The number of alkyl halides is 3. The normalized spacial score (nSPS) is 27.6. The Morgan fingerprint density at radius 1 is 1.02 bits per heavy atom. The van der Waals surface area contributed by atoms with Crippen molar-refractivity contribution in [1.29, 1.82) is 0 Å². The number of hydrogen-bond donors (Lipinski definition) is 1. The van der Waals surface area contributed by atoms with Gasteiger partial charge in [0.1, 0.15) is 41.2 Å². The number of nitrogens with zero attached hydrogens (tertiary/aromatic N) is 7. The highest BCUT2D eigenvalue weighted by Crippen LogP contribution is 2.48. The van der Waals surface area contributed by atoms with E-state index in [0.717, 1.165) is 32.2 Å². The standard InChI is InChI=1S/C41H40F5N7O2/c1-3-28-31(43)8-5-22-13-27(54)14-29(32(22)28)33-35(44)37-34(30-20-50(2)49-36(30)33)38(48-39(47-37)55-21-40-10-4-12-52(40)17-24(42)15-40)51-18-25-6-7-26(19-51)53(25)16-23-9-11-41(23,45)46/h1,5,8,13-14,20,23-26,54H,4,6-7,9-12,15-19,21H2,2H3/t23?,24-,25-,26+,40+/m1/s1. The number of aromatic hydroxyl groups is 1. The average Bonchev–Trinajstić information content (AvgIpc) is 3.87. The van der Waals surface area contributed by atoms with Gasteiger partial charge in [0.05, 0.1) is 16.5 Å². The lowest BCUT2D eigenvalue weighted by Crippen LogP contribution is -2.57. The van der Waals surface area contributed by atoms with Crippen molar-refractivity contribution in [2.24, 2.45) is 13.0 Å². The first kappa shape index (κ1) is 34.7.